The molecular formula is C24H24FN5O4S. The summed E-state index contributed by atoms with van der Waals surface area (Å²) in [5.74, 6) is -1.55. The smallest absolute Gasteiger partial charge is 0.285 e. The van der Waals surface area contributed by atoms with Gasteiger partial charge in [-0.3, -0.25) is 4.79 Å². The lowest BCUT2D eigenvalue weighted by atomic mass is 9.92. The van der Waals surface area contributed by atoms with Crippen LogP contribution in [0.15, 0.2) is 53.7 Å². The molecule has 35 heavy (non-hydrogen) atoms. The minimum Gasteiger partial charge on any atom is -0.494 e. The van der Waals surface area contributed by atoms with Crippen molar-refractivity contribution in [2.75, 3.05) is 7.11 Å². The zero-order valence-corrected chi connectivity index (χ0v) is 20.6. The van der Waals surface area contributed by atoms with Gasteiger partial charge in [0.25, 0.3) is 15.9 Å². The number of halogens is 1. The lowest BCUT2D eigenvalue weighted by Gasteiger charge is -2.19. The molecule has 1 aromatic carbocycles. The molecule has 0 saturated heterocycles. The molecule has 1 N–H and O–H groups in total. The third-order valence-electron chi connectivity index (χ3n) is 5.37. The first-order valence-corrected chi connectivity index (χ1v) is 12.1. The van der Waals surface area contributed by atoms with Gasteiger partial charge >= 0.3 is 0 Å². The molecule has 11 heteroatoms. The Morgan fingerprint density at radius 1 is 1.06 bits per heavy atom. The molecule has 0 fully saturated rings. The van der Waals surface area contributed by atoms with Crippen LogP contribution in [0.3, 0.4) is 0 Å². The fourth-order valence-electron chi connectivity index (χ4n) is 3.52. The molecule has 0 bridgehead atoms. The number of fused-ring (bicyclic) bond motifs is 1. The highest BCUT2D eigenvalue weighted by Crippen LogP contribution is 2.28. The quantitative estimate of drug-likeness (QED) is 0.447. The van der Waals surface area contributed by atoms with Gasteiger partial charge in [-0.15, -0.1) is 5.10 Å². The Bertz CT molecular complexity index is 1560. The molecule has 0 aliphatic heterocycles. The molecule has 0 spiro atoms. The predicted molar refractivity (Wildman–Crippen MR) is 128 cm³/mol. The first-order chi connectivity index (χ1) is 16.4. The second-order valence-corrected chi connectivity index (χ2v) is 10.6. The average molecular weight is 498 g/mol. The average Bonchev–Trinajstić information content (AvgIpc) is 3.23. The zero-order chi connectivity index (χ0) is 25.5. The molecular weight excluding hydrogens is 473 g/mol. The van der Waals surface area contributed by atoms with Crippen LogP contribution in [0.1, 0.15) is 42.5 Å². The summed E-state index contributed by atoms with van der Waals surface area (Å²) in [6.45, 7) is 7.48. The summed E-state index contributed by atoms with van der Waals surface area (Å²) in [6, 6.07) is 10.9. The summed E-state index contributed by atoms with van der Waals surface area (Å²) in [6.07, 6.45) is 1.47. The minimum atomic E-state index is -4.38. The van der Waals surface area contributed by atoms with Crippen LogP contribution in [0.4, 0.5) is 4.39 Å². The standard InChI is InChI=1S/C24H24FN5O4S/c1-14-6-9-17(30-13-12-20(25)28-30)15-7-8-16(26-21(14)15)22(31)29-35(32,33)23-18(34-5)10-11-19(27-23)24(2,3)4/h6-13H,1-5H3,(H,29,31). The van der Waals surface area contributed by atoms with Crippen molar-refractivity contribution in [1.29, 1.82) is 0 Å². The molecule has 0 unspecified atom stereocenters. The van der Waals surface area contributed by atoms with Gasteiger partial charge in [0.15, 0.2) is 5.75 Å². The fraction of sp³-hybridized carbons (Fsp3) is 0.250. The summed E-state index contributed by atoms with van der Waals surface area (Å²) >= 11 is 0. The zero-order valence-electron chi connectivity index (χ0n) is 19.8. The molecule has 0 radical (unpaired) electrons. The number of amides is 1. The Labute approximate surface area is 202 Å². The molecule has 1 amide bonds. The van der Waals surface area contributed by atoms with Gasteiger partial charge < -0.3 is 4.74 Å². The van der Waals surface area contributed by atoms with Crippen LogP contribution >= 0.6 is 0 Å². The van der Waals surface area contributed by atoms with Gasteiger partial charge in [0.2, 0.25) is 11.0 Å². The van der Waals surface area contributed by atoms with Crippen molar-refractivity contribution in [2.45, 2.75) is 38.1 Å². The topological polar surface area (TPSA) is 116 Å². The van der Waals surface area contributed by atoms with Gasteiger partial charge in [0, 0.05) is 28.8 Å². The highest BCUT2D eigenvalue weighted by atomic mass is 32.2. The van der Waals surface area contributed by atoms with Crippen LogP contribution in [-0.2, 0) is 15.4 Å². The maximum absolute atomic E-state index is 13.4. The molecule has 9 nitrogen and oxygen atoms in total. The summed E-state index contributed by atoms with van der Waals surface area (Å²) < 4.78 is 48.2. The third-order valence-corrected chi connectivity index (χ3v) is 6.62. The van der Waals surface area contributed by atoms with E-state index >= 15 is 0 Å². The Balaban J connectivity index is 1.72. The van der Waals surface area contributed by atoms with Crippen LogP contribution in [0.5, 0.6) is 5.75 Å². The van der Waals surface area contributed by atoms with Crippen molar-refractivity contribution in [3.8, 4) is 11.4 Å². The van der Waals surface area contributed by atoms with E-state index in [1.54, 1.807) is 31.2 Å². The monoisotopic (exact) mass is 497 g/mol. The van der Waals surface area contributed by atoms with E-state index in [-0.39, 0.29) is 16.5 Å². The summed E-state index contributed by atoms with van der Waals surface area (Å²) in [7, 11) is -3.05. The first-order valence-electron chi connectivity index (χ1n) is 10.7. The number of hydrogen-bond donors (Lipinski definition) is 1. The SMILES string of the molecule is COc1ccc(C(C)(C)C)nc1S(=O)(=O)NC(=O)c1ccc2c(-n3ccc(F)n3)ccc(C)c2n1. The molecule has 3 aromatic heterocycles. The van der Waals surface area contributed by atoms with E-state index < -0.39 is 27.3 Å². The molecule has 4 aromatic rings. The van der Waals surface area contributed by atoms with Crippen LogP contribution in [0.2, 0.25) is 0 Å². The van der Waals surface area contributed by atoms with E-state index in [9.17, 15) is 17.6 Å². The number of rotatable bonds is 5. The normalized spacial score (nSPS) is 12.1. The van der Waals surface area contributed by atoms with Crippen LogP contribution in [0, 0.1) is 12.9 Å². The number of carbonyl (C=O) groups excluding carboxylic acids is 1. The fourth-order valence-corrected chi connectivity index (χ4v) is 4.60. The van der Waals surface area contributed by atoms with Crippen LogP contribution in [0.25, 0.3) is 16.6 Å². The van der Waals surface area contributed by atoms with Gasteiger partial charge in [0.05, 0.1) is 18.3 Å². The van der Waals surface area contributed by atoms with Gasteiger partial charge in [-0.25, -0.2) is 19.4 Å². The van der Waals surface area contributed by atoms with Gasteiger partial charge in [-0.05, 0) is 42.8 Å². The number of pyridine rings is 2. The number of sulfonamides is 1. The third kappa shape index (κ3) is 4.72. The van der Waals surface area contributed by atoms with E-state index in [2.05, 4.69) is 15.1 Å². The number of carbonyl (C=O) groups is 1. The largest absolute Gasteiger partial charge is 0.494 e. The Morgan fingerprint density at radius 3 is 2.43 bits per heavy atom. The Kier molecular flexibility index (Phi) is 6.05. The second-order valence-electron chi connectivity index (χ2n) is 8.97. The second kappa shape index (κ2) is 8.73. The lowest BCUT2D eigenvalue weighted by Crippen LogP contribution is -2.32. The maximum Gasteiger partial charge on any atom is 0.285 e. The number of benzene rings is 1. The van der Waals surface area contributed by atoms with E-state index in [0.29, 0.717) is 22.3 Å². The van der Waals surface area contributed by atoms with Crippen molar-refractivity contribution in [2.24, 2.45) is 0 Å². The maximum atomic E-state index is 13.4. The highest BCUT2D eigenvalue weighted by Gasteiger charge is 2.28. The van der Waals surface area contributed by atoms with Crippen molar-refractivity contribution in [1.82, 2.24) is 24.5 Å². The molecule has 0 aliphatic rings. The minimum absolute atomic E-state index is 0.0108. The van der Waals surface area contributed by atoms with E-state index in [1.165, 1.54) is 36.2 Å². The Morgan fingerprint density at radius 2 is 1.80 bits per heavy atom. The number of aromatic nitrogens is 4. The molecule has 0 saturated carbocycles. The number of methoxy groups -OCH3 is 1. The first kappa shape index (κ1) is 24.3. The predicted octanol–water partition coefficient (Wildman–Crippen LogP) is 3.69. The number of hydrogen-bond acceptors (Lipinski definition) is 7. The number of nitrogens with zero attached hydrogens (tertiary/aromatic N) is 4. The summed E-state index contributed by atoms with van der Waals surface area (Å²) in [5.41, 5.74) is 1.75. The number of nitrogens with one attached hydrogen (secondary N) is 1. The van der Waals surface area contributed by atoms with E-state index in [4.69, 9.17) is 4.74 Å². The van der Waals surface area contributed by atoms with Crippen LogP contribution < -0.4 is 9.46 Å². The Hall–Kier alpha value is -3.86. The van der Waals surface area contributed by atoms with E-state index in [0.717, 1.165) is 5.56 Å². The molecule has 0 aliphatic carbocycles. The van der Waals surface area contributed by atoms with Crippen LogP contribution in [-0.4, -0.2) is 41.2 Å². The van der Waals surface area contributed by atoms with Crippen molar-refractivity contribution in [3.63, 3.8) is 0 Å². The molecule has 0 atom stereocenters. The van der Waals surface area contributed by atoms with Gasteiger partial charge in [-0.1, -0.05) is 26.8 Å². The van der Waals surface area contributed by atoms with Gasteiger partial charge in [-0.2, -0.15) is 12.8 Å². The van der Waals surface area contributed by atoms with Gasteiger partial charge in [0.1, 0.15) is 5.69 Å². The molecule has 182 valence electrons. The molecule has 3 heterocycles. The van der Waals surface area contributed by atoms with Crippen molar-refractivity contribution < 1.29 is 22.3 Å². The summed E-state index contributed by atoms with van der Waals surface area (Å²) in [4.78, 5) is 21.6. The van der Waals surface area contributed by atoms with E-state index in [1.807, 2.05) is 25.5 Å². The number of ether oxygens (including phenoxy) is 1. The number of aryl methyl sites for hydroxylation is 1. The van der Waals surface area contributed by atoms with Crippen molar-refractivity contribution >= 4 is 26.8 Å². The van der Waals surface area contributed by atoms with Crippen molar-refractivity contribution in [3.05, 3.63) is 71.6 Å². The lowest BCUT2D eigenvalue weighted by molar-refractivity contribution is 0.0977. The molecule has 4 rings (SSSR count). The summed E-state index contributed by atoms with van der Waals surface area (Å²) in [5, 5.41) is 4.02. The highest BCUT2D eigenvalue weighted by molar-refractivity contribution is 7.90.